The van der Waals surface area contributed by atoms with E-state index in [2.05, 4.69) is 15.5 Å². The Bertz CT molecular complexity index is 431. The number of aromatic nitrogens is 2. The molecule has 0 aliphatic rings. The fraction of sp³-hybridized carbons (Fsp3) is 0.714. The van der Waals surface area contributed by atoms with Gasteiger partial charge >= 0.3 is 6.01 Å². The van der Waals surface area contributed by atoms with E-state index in [0.29, 0.717) is 18.9 Å². The highest BCUT2D eigenvalue weighted by atomic mass is 35.5. The minimum Gasteiger partial charge on any atom is -0.407 e. The first-order valence-electron chi connectivity index (χ1n) is 4.60. The zero-order valence-electron chi connectivity index (χ0n) is 8.68. The zero-order valence-corrected chi connectivity index (χ0v) is 10.3. The van der Waals surface area contributed by atoms with Gasteiger partial charge in [-0.2, -0.15) is 0 Å². The first-order valence-corrected chi connectivity index (χ1v) is 6.75. The molecule has 1 heterocycles. The molecule has 0 fully saturated rings. The Kier molecular flexibility index (Phi) is 4.51. The molecule has 1 unspecified atom stereocenters. The van der Waals surface area contributed by atoms with Crippen molar-refractivity contribution in [1.82, 2.24) is 10.2 Å². The second-order valence-electron chi connectivity index (χ2n) is 3.21. The lowest BCUT2D eigenvalue weighted by Crippen LogP contribution is -2.18. The van der Waals surface area contributed by atoms with Crippen LogP contribution in [0.4, 0.5) is 6.01 Å². The average Bonchev–Trinajstić information content (AvgIpc) is 2.59. The Morgan fingerprint density at radius 1 is 1.56 bits per heavy atom. The molecule has 0 radical (unpaired) electrons. The lowest BCUT2D eigenvalue weighted by molar-refractivity contribution is 0.505. The molecule has 0 saturated carbocycles. The SMILES string of the molecule is CC(Cl)c1nnc(NCCCS(N)(=O)=O)o1. The van der Waals surface area contributed by atoms with E-state index in [9.17, 15) is 8.42 Å². The van der Waals surface area contributed by atoms with Crippen LogP contribution in [0, 0.1) is 0 Å². The van der Waals surface area contributed by atoms with E-state index in [1.165, 1.54) is 0 Å². The van der Waals surface area contributed by atoms with Crippen LogP contribution in [0.1, 0.15) is 24.6 Å². The minimum absolute atomic E-state index is 0.0904. The number of anilines is 1. The van der Waals surface area contributed by atoms with E-state index in [-0.39, 0.29) is 17.1 Å². The molecule has 3 N–H and O–H groups in total. The van der Waals surface area contributed by atoms with Crippen LogP contribution < -0.4 is 10.5 Å². The molecule has 0 amide bonds. The third-order valence-corrected chi connectivity index (χ3v) is 2.71. The third-order valence-electron chi connectivity index (χ3n) is 1.66. The van der Waals surface area contributed by atoms with Crippen LogP contribution in [-0.4, -0.2) is 30.9 Å². The second kappa shape index (κ2) is 5.46. The summed E-state index contributed by atoms with van der Waals surface area (Å²) >= 11 is 5.72. The van der Waals surface area contributed by atoms with Crippen molar-refractivity contribution in [2.24, 2.45) is 5.14 Å². The van der Waals surface area contributed by atoms with Crippen LogP contribution >= 0.6 is 11.6 Å². The number of halogens is 1. The number of alkyl halides is 1. The molecule has 0 aliphatic heterocycles. The van der Waals surface area contributed by atoms with Gasteiger partial charge in [0.15, 0.2) is 0 Å². The highest BCUT2D eigenvalue weighted by molar-refractivity contribution is 7.89. The molecular formula is C7H13ClN4O3S. The molecule has 1 atom stereocenters. The van der Waals surface area contributed by atoms with Crippen LogP contribution in [0.15, 0.2) is 4.42 Å². The third kappa shape index (κ3) is 4.77. The smallest absolute Gasteiger partial charge is 0.315 e. The second-order valence-corrected chi connectivity index (χ2v) is 5.60. The van der Waals surface area contributed by atoms with Gasteiger partial charge in [-0.1, -0.05) is 5.10 Å². The number of rotatable bonds is 6. The van der Waals surface area contributed by atoms with Crippen LogP contribution in [-0.2, 0) is 10.0 Å². The van der Waals surface area contributed by atoms with Gasteiger partial charge in [0.2, 0.25) is 15.9 Å². The molecular weight excluding hydrogens is 256 g/mol. The largest absolute Gasteiger partial charge is 0.407 e. The summed E-state index contributed by atoms with van der Waals surface area (Å²) in [5.74, 6) is 0.225. The van der Waals surface area contributed by atoms with Crippen molar-refractivity contribution in [2.75, 3.05) is 17.6 Å². The van der Waals surface area contributed by atoms with E-state index in [1.54, 1.807) is 6.92 Å². The summed E-state index contributed by atoms with van der Waals surface area (Å²) in [4.78, 5) is 0. The van der Waals surface area contributed by atoms with Gasteiger partial charge < -0.3 is 9.73 Å². The Morgan fingerprint density at radius 2 is 2.25 bits per heavy atom. The normalized spacial score (nSPS) is 13.7. The quantitative estimate of drug-likeness (QED) is 0.573. The summed E-state index contributed by atoms with van der Waals surface area (Å²) in [6, 6.07) is 0.219. The molecule has 0 aromatic carbocycles. The number of primary sulfonamides is 1. The Morgan fingerprint density at radius 3 is 2.75 bits per heavy atom. The number of sulfonamides is 1. The Balaban J connectivity index is 2.32. The highest BCUT2D eigenvalue weighted by Crippen LogP contribution is 2.18. The van der Waals surface area contributed by atoms with Crippen LogP contribution in [0.25, 0.3) is 0 Å². The molecule has 0 spiro atoms. The zero-order chi connectivity index (χ0) is 12.2. The van der Waals surface area contributed by atoms with Crippen LogP contribution in [0.5, 0.6) is 0 Å². The molecule has 1 rings (SSSR count). The van der Waals surface area contributed by atoms with Crippen LogP contribution in [0.2, 0.25) is 0 Å². The van der Waals surface area contributed by atoms with Crippen molar-refractivity contribution in [2.45, 2.75) is 18.7 Å². The van der Waals surface area contributed by atoms with Crippen molar-refractivity contribution < 1.29 is 12.8 Å². The lowest BCUT2D eigenvalue weighted by Gasteiger charge is -1.99. The molecule has 1 aromatic rings. The highest BCUT2D eigenvalue weighted by Gasteiger charge is 2.10. The predicted octanol–water partition coefficient (Wildman–Crippen LogP) is 0.460. The molecule has 7 nitrogen and oxygen atoms in total. The van der Waals surface area contributed by atoms with Gasteiger partial charge in [-0.25, -0.2) is 13.6 Å². The molecule has 1 aromatic heterocycles. The van der Waals surface area contributed by atoms with Crippen molar-refractivity contribution in [3.63, 3.8) is 0 Å². The number of nitrogens with two attached hydrogens (primary N) is 1. The first kappa shape index (κ1) is 13.2. The van der Waals surface area contributed by atoms with E-state index >= 15 is 0 Å². The number of hydrogen-bond donors (Lipinski definition) is 2. The summed E-state index contributed by atoms with van der Waals surface area (Å²) in [5.41, 5.74) is 0. The molecule has 0 saturated heterocycles. The summed E-state index contributed by atoms with van der Waals surface area (Å²) in [6.07, 6.45) is 0.368. The molecule has 0 bridgehead atoms. The first-order chi connectivity index (χ1) is 7.38. The van der Waals surface area contributed by atoms with Gasteiger partial charge in [-0.05, 0) is 13.3 Å². The monoisotopic (exact) mass is 268 g/mol. The van der Waals surface area contributed by atoms with Gasteiger partial charge in [0.25, 0.3) is 0 Å². The fourth-order valence-corrected chi connectivity index (χ4v) is 1.57. The van der Waals surface area contributed by atoms with Gasteiger partial charge in [-0.15, -0.1) is 16.7 Å². The fourth-order valence-electron chi connectivity index (χ4n) is 0.935. The maximum absolute atomic E-state index is 10.6. The summed E-state index contributed by atoms with van der Waals surface area (Å²) in [5, 5.41) is 14.6. The summed E-state index contributed by atoms with van der Waals surface area (Å²) in [6.45, 7) is 2.09. The maximum Gasteiger partial charge on any atom is 0.315 e. The molecule has 16 heavy (non-hydrogen) atoms. The van der Waals surface area contributed by atoms with E-state index in [0.717, 1.165) is 0 Å². The Labute approximate surface area is 98.4 Å². The van der Waals surface area contributed by atoms with E-state index in [1.807, 2.05) is 0 Å². The van der Waals surface area contributed by atoms with Crippen molar-refractivity contribution in [1.29, 1.82) is 0 Å². The van der Waals surface area contributed by atoms with Crippen molar-refractivity contribution >= 4 is 27.6 Å². The minimum atomic E-state index is -3.41. The average molecular weight is 269 g/mol. The Hall–Kier alpha value is -0.860. The summed E-state index contributed by atoms with van der Waals surface area (Å²) in [7, 11) is -3.41. The van der Waals surface area contributed by atoms with E-state index in [4.69, 9.17) is 21.2 Å². The molecule has 92 valence electrons. The van der Waals surface area contributed by atoms with Crippen LogP contribution in [0.3, 0.4) is 0 Å². The van der Waals surface area contributed by atoms with Gasteiger partial charge in [0.05, 0.1) is 5.75 Å². The van der Waals surface area contributed by atoms with Crippen molar-refractivity contribution in [3.8, 4) is 0 Å². The van der Waals surface area contributed by atoms with Gasteiger partial charge in [-0.3, -0.25) is 0 Å². The number of nitrogens with zero attached hydrogens (tertiary/aromatic N) is 2. The maximum atomic E-state index is 10.6. The summed E-state index contributed by atoms with van der Waals surface area (Å²) < 4.78 is 26.4. The van der Waals surface area contributed by atoms with Gasteiger partial charge in [0.1, 0.15) is 5.38 Å². The van der Waals surface area contributed by atoms with Crippen molar-refractivity contribution in [3.05, 3.63) is 5.89 Å². The standard InChI is InChI=1S/C7H13ClN4O3S/c1-5(8)6-11-12-7(15-6)10-3-2-4-16(9,13)14/h5H,2-4H2,1H3,(H,10,12)(H2,9,13,14). The predicted molar refractivity (Wildman–Crippen MR) is 59.6 cm³/mol. The number of nitrogens with one attached hydrogen (secondary N) is 1. The number of hydrogen-bond acceptors (Lipinski definition) is 6. The van der Waals surface area contributed by atoms with E-state index < -0.39 is 10.0 Å². The lowest BCUT2D eigenvalue weighted by atomic mass is 10.5. The molecule has 0 aliphatic carbocycles. The molecule has 9 heteroatoms. The van der Waals surface area contributed by atoms with Gasteiger partial charge in [0, 0.05) is 6.54 Å². The topological polar surface area (TPSA) is 111 Å².